The van der Waals surface area contributed by atoms with E-state index in [1.54, 1.807) is 7.11 Å². The molecule has 2 aliphatic heterocycles. The quantitative estimate of drug-likeness (QED) is 0.914. The summed E-state index contributed by atoms with van der Waals surface area (Å²) in [4.78, 5) is 2.46. The van der Waals surface area contributed by atoms with Gasteiger partial charge in [-0.25, -0.2) is 0 Å². The SMILES string of the molecule is COc1ccc(N2CCNC(C(C)C3OCCc4ccccc43)C2)cc1. The van der Waals surface area contributed by atoms with Crippen molar-refractivity contribution in [2.75, 3.05) is 38.3 Å². The number of fused-ring (bicyclic) bond motifs is 1. The van der Waals surface area contributed by atoms with E-state index in [0.717, 1.165) is 38.4 Å². The van der Waals surface area contributed by atoms with E-state index in [1.165, 1.54) is 16.8 Å². The number of hydrogen-bond donors (Lipinski definition) is 1. The highest BCUT2D eigenvalue weighted by Crippen LogP contribution is 2.35. The zero-order chi connectivity index (χ0) is 17.9. The molecule has 3 unspecified atom stereocenters. The van der Waals surface area contributed by atoms with E-state index < -0.39 is 0 Å². The molecule has 1 saturated heterocycles. The summed E-state index contributed by atoms with van der Waals surface area (Å²) in [6.45, 7) is 6.16. The van der Waals surface area contributed by atoms with Crippen LogP contribution in [0.1, 0.15) is 24.2 Å². The van der Waals surface area contributed by atoms with Crippen molar-refractivity contribution >= 4 is 5.69 Å². The molecule has 1 fully saturated rings. The first-order chi connectivity index (χ1) is 12.8. The number of nitrogens with one attached hydrogen (secondary N) is 1. The highest BCUT2D eigenvalue weighted by molar-refractivity contribution is 5.49. The fourth-order valence-electron chi connectivity index (χ4n) is 4.23. The number of hydrogen-bond acceptors (Lipinski definition) is 4. The van der Waals surface area contributed by atoms with Gasteiger partial charge in [-0.2, -0.15) is 0 Å². The lowest BCUT2D eigenvalue weighted by Gasteiger charge is -2.41. The van der Waals surface area contributed by atoms with Gasteiger partial charge in [0, 0.05) is 37.3 Å². The van der Waals surface area contributed by atoms with Gasteiger partial charge in [0.15, 0.2) is 0 Å². The van der Waals surface area contributed by atoms with Gasteiger partial charge in [0.25, 0.3) is 0 Å². The van der Waals surface area contributed by atoms with Gasteiger partial charge in [-0.3, -0.25) is 0 Å². The van der Waals surface area contributed by atoms with E-state index in [1.807, 2.05) is 12.1 Å². The predicted molar refractivity (Wildman–Crippen MR) is 105 cm³/mol. The van der Waals surface area contributed by atoms with Crippen LogP contribution in [0.15, 0.2) is 48.5 Å². The average molecular weight is 352 g/mol. The topological polar surface area (TPSA) is 33.7 Å². The van der Waals surface area contributed by atoms with Crippen LogP contribution >= 0.6 is 0 Å². The third kappa shape index (κ3) is 3.44. The number of rotatable bonds is 4. The van der Waals surface area contributed by atoms with Gasteiger partial charge in [0.1, 0.15) is 5.75 Å². The molecule has 3 atom stereocenters. The normalized spacial score (nSPS) is 24.0. The molecule has 0 aliphatic carbocycles. The molecule has 0 aromatic heterocycles. The van der Waals surface area contributed by atoms with Crippen LogP contribution in [0.3, 0.4) is 0 Å². The van der Waals surface area contributed by atoms with E-state index >= 15 is 0 Å². The summed E-state index contributed by atoms with van der Waals surface area (Å²) < 4.78 is 11.5. The molecular weight excluding hydrogens is 324 g/mol. The molecule has 2 aromatic rings. The standard InChI is InChI=1S/C22H28N2O2/c1-16(22-20-6-4-3-5-17(20)11-14-26-22)21-15-24(13-12-23-21)18-7-9-19(25-2)10-8-18/h3-10,16,21-23H,11-15H2,1-2H3. The Labute approximate surface area is 156 Å². The van der Waals surface area contributed by atoms with Crippen molar-refractivity contribution in [1.29, 1.82) is 0 Å². The lowest BCUT2D eigenvalue weighted by molar-refractivity contribution is -0.00538. The molecule has 0 radical (unpaired) electrons. The van der Waals surface area contributed by atoms with Crippen LogP contribution in [0.25, 0.3) is 0 Å². The Morgan fingerprint density at radius 3 is 2.77 bits per heavy atom. The third-order valence-corrected chi connectivity index (χ3v) is 5.79. The molecule has 0 bridgehead atoms. The molecule has 4 rings (SSSR count). The molecule has 4 heteroatoms. The Morgan fingerprint density at radius 1 is 1.15 bits per heavy atom. The smallest absolute Gasteiger partial charge is 0.119 e. The summed E-state index contributed by atoms with van der Waals surface area (Å²) in [5.74, 6) is 1.32. The van der Waals surface area contributed by atoms with Gasteiger partial charge in [0.2, 0.25) is 0 Å². The minimum Gasteiger partial charge on any atom is -0.497 e. The Morgan fingerprint density at radius 2 is 1.96 bits per heavy atom. The molecule has 1 N–H and O–H groups in total. The van der Waals surface area contributed by atoms with E-state index in [0.29, 0.717) is 12.0 Å². The molecule has 138 valence electrons. The van der Waals surface area contributed by atoms with Crippen molar-refractivity contribution < 1.29 is 9.47 Å². The van der Waals surface area contributed by atoms with Crippen LogP contribution in [-0.4, -0.2) is 39.4 Å². The van der Waals surface area contributed by atoms with E-state index in [9.17, 15) is 0 Å². The van der Waals surface area contributed by atoms with Crippen molar-refractivity contribution in [2.45, 2.75) is 25.5 Å². The second-order valence-corrected chi connectivity index (χ2v) is 7.30. The Bertz CT molecular complexity index is 731. The van der Waals surface area contributed by atoms with Gasteiger partial charge < -0.3 is 19.7 Å². The van der Waals surface area contributed by atoms with Crippen LogP contribution < -0.4 is 15.0 Å². The minimum absolute atomic E-state index is 0.174. The molecule has 2 heterocycles. The average Bonchev–Trinajstić information content (AvgIpc) is 2.73. The summed E-state index contributed by atoms with van der Waals surface area (Å²) in [6, 6.07) is 17.5. The lowest BCUT2D eigenvalue weighted by atomic mass is 9.85. The fourth-order valence-corrected chi connectivity index (χ4v) is 4.23. The number of piperazine rings is 1. The summed E-state index contributed by atoms with van der Waals surface area (Å²) in [7, 11) is 1.71. The third-order valence-electron chi connectivity index (χ3n) is 5.79. The fraction of sp³-hybridized carbons (Fsp3) is 0.455. The first-order valence-electron chi connectivity index (χ1n) is 9.58. The first kappa shape index (κ1) is 17.4. The van der Waals surface area contributed by atoms with Crippen molar-refractivity contribution in [3.8, 4) is 5.75 Å². The summed E-state index contributed by atoms with van der Waals surface area (Å²) in [5.41, 5.74) is 4.07. The molecular formula is C22H28N2O2. The molecule has 4 nitrogen and oxygen atoms in total. The largest absolute Gasteiger partial charge is 0.497 e. The van der Waals surface area contributed by atoms with Gasteiger partial charge >= 0.3 is 0 Å². The number of ether oxygens (including phenoxy) is 2. The number of anilines is 1. The lowest BCUT2D eigenvalue weighted by Crippen LogP contribution is -2.54. The van der Waals surface area contributed by atoms with E-state index in [2.05, 4.69) is 53.5 Å². The highest BCUT2D eigenvalue weighted by Gasteiger charge is 2.33. The van der Waals surface area contributed by atoms with Crippen LogP contribution in [0.2, 0.25) is 0 Å². The zero-order valence-corrected chi connectivity index (χ0v) is 15.7. The van der Waals surface area contributed by atoms with Gasteiger partial charge in [-0.05, 0) is 41.8 Å². The van der Waals surface area contributed by atoms with Gasteiger partial charge in [0.05, 0.1) is 19.8 Å². The number of methoxy groups -OCH3 is 1. The minimum atomic E-state index is 0.174. The first-order valence-corrected chi connectivity index (χ1v) is 9.58. The zero-order valence-electron chi connectivity index (χ0n) is 15.7. The van der Waals surface area contributed by atoms with Gasteiger partial charge in [-0.1, -0.05) is 31.2 Å². The van der Waals surface area contributed by atoms with Crippen LogP contribution in [0.4, 0.5) is 5.69 Å². The van der Waals surface area contributed by atoms with Gasteiger partial charge in [-0.15, -0.1) is 0 Å². The van der Waals surface area contributed by atoms with E-state index in [-0.39, 0.29) is 6.10 Å². The molecule has 0 spiro atoms. The van der Waals surface area contributed by atoms with Crippen molar-refractivity contribution in [3.63, 3.8) is 0 Å². The van der Waals surface area contributed by atoms with Crippen molar-refractivity contribution in [1.82, 2.24) is 5.32 Å². The summed E-state index contributed by atoms with van der Waals surface area (Å²) >= 11 is 0. The maximum Gasteiger partial charge on any atom is 0.119 e. The summed E-state index contributed by atoms with van der Waals surface area (Å²) in [5, 5.41) is 3.72. The molecule has 26 heavy (non-hydrogen) atoms. The Hall–Kier alpha value is -2.04. The maximum atomic E-state index is 6.22. The number of nitrogens with zero attached hydrogens (tertiary/aromatic N) is 1. The van der Waals surface area contributed by atoms with Crippen molar-refractivity contribution in [2.24, 2.45) is 5.92 Å². The van der Waals surface area contributed by atoms with Crippen LogP contribution in [0.5, 0.6) is 5.75 Å². The predicted octanol–water partition coefficient (Wildman–Crippen LogP) is 3.42. The maximum absolute atomic E-state index is 6.22. The second-order valence-electron chi connectivity index (χ2n) is 7.30. The Balaban J connectivity index is 1.49. The molecule has 0 amide bonds. The van der Waals surface area contributed by atoms with E-state index in [4.69, 9.17) is 9.47 Å². The van der Waals surface area contributed by atoms with Crippen molar-refractivity contribution in [3.05, 3.63) is 59.7 Å². The van der Waals surface area contributed by atoms with Crippen LogP contribution in [0, 0.1) is 5.92 Å². The molecule has 0 saturated carbocycles. The number of benzene rings is 2. The van der Waals surface area contributed by atoms with Crippen LogP contribution in [-0.2, 0) is 11.2 Å². The Kier molecular flexibility index (Phi) is 5.14. The molecule has 2 aromatic carbocycles. The highest BCUT2D eigenvalue weighted by atomic mass is 16.5. The monoisotopic (exact) mass is 352 g/mol. The summed E-state index contributed by atoms with van der Waals surface area (Å²) in [6.07, 6.45) is 1.20. The second kappa shape index (κ2) is 7.68. The molecule has 2 aliphatic rings.